The molecule has 10 heavy (non-hydrogen) atoms. The molecule has 1 saturated heterocycles. The van der Waals surface area contributed by atoms with E-state index in [2.05, 4.69) is 13.8 Å². The summed E-state index contributed by atoms with van der Waals surface area (Å²) in [5.41, 5.74) is 0. The van der Waals surface area contributed by atoms with Crippen LogP contribution in [-0.4, -0.2) is 17.0 Å². The Kier molecular flexibility index (Phi) is 1.94. The van der Waals surface area contributed by atoms with Crippen LogP contribution in [0, 0.1) is 5.92 Å². The van der Waals surface area contributed by atoms with Crippen LogP contribution in [0.5, 0.6) is 0 Å². The van der Waals surface area contributed by atoms with Gasteiger partial charge < -0.3 is 0 Å². The highest BCUT2D eigenvalue weighted by Crippen LogP contribution is 2.20. The van der Waals surface area contributed by atoms with Gasteiger partial charge >= 0.3 is 0 Å². The summed E-state index contributed by atoms with van der Waals surface area (Å²) in [5, 5.41) is 1.38. The van der Waals surface area contributed by atoms with Crippen molar-refractivity contribution in [2.24, 2.45) is 11.8 Å². The first-order chi connectivity index (χ1) is 4.63. The first-order valence-electron chi connectivity index (χ1n) is 3.69. The molecule has 0 aromatic carbocycles. The van der Waals surface area contributed by atoms with Gasteiger partial charge in [-0.2, -0.15) is 0 Å². The number of rotatable bonds is 1. The van der Waals surface area contributed by atoms with Crippen LogP contribution in [-0.2, 0) is 4.79 Å². The van der Waals surface area contributed by atoms with Crippen molar-refractivity contribution in [1.29, 1.82) is 0 Å². The summed E-state index contributed by atoms with van der Waals surface area (Å²) in [7, 11) is 0. The van der Waals surface area contributed by atoms with Crippen LogP contribution in [0.2, 0.25) is 0 Å². The number of carbonyl (C=O) groups is 1. The van der Waals surface area contributed by atoms with Crippen LogP contribution < -0.4 is 5.84 Å². The summed E-state index contributed by atoms with van der Waals surface area (Å²) < 4.78 is 0. The summed E-state index contributed by atoms with van der Waals surface area (Å²) >= 11 is 0. The molecule has 2 N–H and O–H groups in total. The van der Waals surface area contributed by atoms with E-state index in [9.17, 15) is 4.79 Å². The van der Waals surface area contributed by atoms with Gasteiger partial charge in [0.2, 0.25) is 5.91 Å². The second-order valence-electron chi connectivity index (χ2n) is 3.15. The second kappa shape index (κ2) is 2.58. The number of hydrogen-bond acceptors (Lipinski definition) is 2. The van der Waals surface area contributed by atoms with Crippen LogP contribution in [0.1, 0.15) is 26.7 Å². The SMILES string of the molecule is CC(C)C1CCC(=O)N1N. The zero-order valence-corrected chi connectivity index (χ0v) is 6.50. The van der Waals surface area contributed by atoms with Gasteiger partial charge in [0.15, 0.2) is 0 Å². The predicted molar refractivity (Wildman–Crippen MR) is 38.9 cm³/mol. The Morgan fingerprint density at radius 3 is 2.50 bits per heavy atom. The fraction of sp³-hybridized carbons (Fsp3) is 0.857. The van der Waals surface area contributed by atoms with E-state index in [1.54, 1.807) is 0 Å². The molecular weight excluding hydrogens is 128 g/mol. The van der Waals surface area contributed by atoms with Gasteiger partial charge in [0.25, 0.3) is 0 Å². The molecule has 0 aromatic rings. The fourth-order valence-corrected chi connectivity index (χ4v) is 1.38. The van der Waals surface area contributed by atoms with E-state index >= 15 is 0 Å². The van der Waals surface area contributed by atoms with Crippen molar-refractivity contribution < 1.29 is 4.79 Å². The third-order valence-electron chi connectivity index (χ3n) is 2.07. The van der Waals surface area contributed by atoms with Crippen molar-refractivity contribution >= 4 is 5.91 Å². The van der Waals surface area contributed by atoms with Crippen LogP contribution in [0.3, 0.4) is 0 Å². The molecule has 1 aliphatic rings. The average Bonchev–Trinajstić information content (AvgIpc) is 2.14. The van der Waals surface area contributed by atoms with Gasteiger partial charge in [0, 0.05) is 6.42 Å². The van der Waals surface area contributed by atoms with Crippen LogP contribution in [0.25, 0.3) is 0 Å². The van der Waals surface area contributed by atoms with Crippen molar-refractivity contribution in [3.63, 3.8) is 0 Å². The van der Waals surface area contributed by atoms with E-state index in [0.717, 1.165) is 6.42 Å². The molecular formula is C7H14N2O. The minimum atomic E-state index is 0.0821. The Morgan fingerprint density at radius 2 is 2.30 bits per heavy atom. The molecule has 1 unspecified atom stereocenters. The standard InChI is InChI=1S/C7H14N2O/c1-5(2)6-3-4-7(10)9(6)8/h5-6H,3-4,8H2,1-2H3. The van der Waals surface area contributed by atoms with Crippen LogP contribution in [0.15, 0.2) is 0 Å². The third kappa shape index (κ3) is 1.14. The minimum absolute atomic E-state index is 0.0821. The Hall–Kier alpha value is -0.570. The van der Waals surface area contributed by atoms with Gasteiger partial charge in [-0.3, -0.25) is 9.80 Å². The van der Waals surface area contributed by atoms with Crippen LogP contribution >= 0.6 is 0 Å². The van der Waals surface area contributed by atoms with Crippen molar-refractivity contribution in [2.75, 3.05) is 0 Å². The third-order valence-corrected chi connectivity index (χ3v) is 2.07. The zero-order valence-electron chi connectivity index (χ0n) is 6.50. The van der Waals surface area contributed by atoms with E-state index in [1.807, 2.05) is 0 Å². The lowest BCUT2D eigenvalue weighted by Gasteiger charge is -2.22. The number of hydrogen-bond donors (Lipinski definition) is 1. The molecule has 1 rings (SSSR count). The molecule has 0 aliphatic carbocycles. The fourth-order valence-electron chi connectivity index (χ4n) is 1.38. The van der Waals surface area contributed by atoms with E-state index in [4.69, 9.17) is 5.84 Å². The van der Waals surface area contributed by atoms with Gasteiger partial charge in [-0.15, -0.1) is 0 Å². The van der Waals surface area contributed by atoms with E-state index < -0.39 is 0 Å². The number of amides is 1. The molecule has 0 aromatic heterocycles. The Balaban J connectivity index is 2.57. The van der Waals surface area contributed by atoms with Crippen molar-refractivity contribution in [3.05, 3.63) is 0 Å². The minimum Gasteiger partial charge on any atom is -0.277 e. The predicted octanol–water partition coefficient (Wildman–Crippen LogP) is 0.507. The molecule has 1 atom stereocenters. The molecule has 0 saturated carbocycles. The molecule has 3 nitrogen and oxygen atoms in total. The zero-order chi connectivity index (χ0) is 7.72. The normalized spacial score (nSPS) is 26.6. The van der Waals surface area contributed by atoms with Crippen molar-refractivity contribution in [3.8, 4) is 0 Å². The first kappa shape index (κ1) is 7.54. The van der Waals surface area contributed by atoms with Gasteiger partial charge in [0.05, 0.1) is 6.04 Å². The molecule has 0 bridgehead atoms. The van der Waals surface area contributed by atoms with Crippen molar-refractivity contribution in [2.45, 2.75) is 32.7 Å². The smallest absolute Gasteiger partial charge is 0.236 e. The Bertz CT molecular complexity index is 145. The first-order valence-corrected chi connectivity index (χ1v) is 3.69. The summed E-state index contributed by atoms with van der Waals surface area (Å²) in [5.74, 6) is 6.07. The maximum atomic E-state index is 10.9. The van der Waals surface area contributed by atoms with Gasteiger partial charge in [-0.1, -0.05) is 13.8 Å². The summed E-state index contributed by atoms with van der Waals surface area (Å²) in [6.07, 6.45) is 1.55. The largest absolute Gasteiger partial charge is 0.277 e. The molecule has 0 radical (unpaired) electrons. The summed E-state index contributed by atoms with van der Waals surface area (Å²) in [4.78, 5) is 10.9. The number of nitrogens with two attached hydrogens (primary N) is 1. The van der Waals surface area contributed by atoms with E-state index in [-0.39, 0.29) is 11.9 Å². The summed E-state index contributed by atoms with van der Waals surface area (Å²) in [6, 6.07) is 0.271. The average molecular weight is 142 g/mol. The Morgan fingerprint density at radius 1 is 1.70 bits per heavy atom. The maximum absolute atomic E-state index is 10.9. The van der Waals surface area contributed by atoms with Gasteiger partial charge in [-0.25, -0.2) is 5.84 Å². The monoisotopic (exact) mass is 142 g/mol. The topological polar surface area (TPSA) is 46.3 Å². The van der Waals surface area contributed by atoms with Crippen LogP contribution in [0.4, 0.5) is 0 Å². The maximum Gasteiger partial charge on any atom is 0.236 e. The number of nitrogens with zero attached hydrogens (tertiary/aromatic N) is 1. The molecule has 1 fully saturated rings. The van der Waals surface area contributed by atoms with E-state index in [1.165, 1.54) is 5.01 Å². The lowest BCUT2D eigenvalue weighted by Crippen LogP contribution is -2.41. The molecule has 0 spiro atoms. The number of hydrazine groups is 1. The Labute approximate surface area is 61.2 Å². The molecule has 1 aliphatic heterocycles. The van der Waals surface area contributed by atoms with E-state index in [0.29, 0.717) is 12.3 Å². The number of carbonyl (C=O) groups excluding carboxylic acids is 1. The lowest BCUT2D eigenvalue weighted by molar-refractivity contribution is -0.129. The molecule has 1 heterocycles. The molecule has 1 amide bonds. The highest BCUT2D eigenvalue weighted by atomic mass is 16.2. The molecule has 58 valence electrons. The second-order valence-corrected chi connectivity index (χ2v) is 3.15. The van der Waals surface area contributed by atoms with Crippen molar-refractivity contribution in [1.82, 2.24) is 5.01 Å². The highest BCUT2D eigenvalue weighted by Gasteiger charge is 2.30. The van der Waals surface area contributed by atoms with Gasteiger partial charge in [-0.05, 0) is 12.3 Å². The summed E-state index contributed by atoms with van der Waals surface area (Å²) in [6.45, 7) is 4.17. The molecule has 3 heteroatoms. The lowest BCUT2D eigenvalue weighted by atomic mass is 10.0. The highest BCUT2D eigenvalue weighted by molar-refractivity contribution is 5.78. The van der Waals surface area contributed by atoms with Gasteiger partial charge in [0.1, 0.15) is 0 Å². The quantitative estimate of drug-likeness (QED) is 0.428.